The van der Waals surface area contributed by atoms with E-state index in [2.05, 4.69) is 57.2 Å². The molecule has 0 saturated carbocycles. The van der Waals surface area contributed by atoms with Gasteiger partial charge in [-0.25, -0.2) is 4.57 Å². The third-order valence-electron chi connectivity index (χ3n) is 13.0. The van der Waals surface area contributed by atoms with Crippen LogP contribution < -0.4 is 0 Å². The highest BCUT2D eigenvalue weighted by molar-refractivity contribution is 7.47. The Labute approximate surface area is 441 Å². The molecule has 0 aromatic rings. The van der Waals surface area contributed by atoms with Crippen LogP contribution in [0.3, 0.4) is 0 Å². The smallest absolute Gasteiger partial charge is 0.462 e. The maximum absolute atomic E-state index is 12.9. The van der Waals surface area contributed by atoms with E-state index < -0.39 is 57.8 Å². The summed E-state index contributed by atoms with van der Waals surface area (Å²) in [4.78, 5) is 48.5. The first kappa shape index (κ1) is 69.7. The fourth-order valence-corrected chi connectivity index (χ4v) is 9.23. The summed E-state index contributed by atoms with van der Waals surface area (Å²) in [6.07, 6.45) is 56.7. The van der Waals surface area contributed by atoms with Gasteiger partial charge in [0.1, 0.15) is 12.7 Å². The van der Waals surface area contributed by atoms with Crippen molar-refractivity contribution >= 4 is 25.7 Å². The first-order chi connectivity index (χ1) is 35.2. The first-order valence-corrected chi connectivity index (χ1v) is 31.4. The minimum atomic E-state index is -4.74. The van der Waals surface area contributed by atoms with Crippen molar-refractivity contribution in [1.29, 1.82) is 0 Å². The summed E-state index contributed by atoms with van der Waals surface area (Å²) < 4.78 is 39.5. The van der Waals surface area contributed by atoms with Crippen LogP contribution in [0.5, 0.6) is 0 Å². The average molecular weight is 1040 g/mol. The zero-order valence-electron chi connectivity index (χ0n) is 46.7. The zero-order valence-corrected chi connectivity index (χ0v) is 47.6. The van der Waals surface area contributed by atoms with Gasteiger partial charge < -0.3 is 24.2 Å². The molecule has 0 amide bonds. The second-order valence-electron chi connectivity index (χ2n) is 20.2. The second kappa shape index (κ2) is 54.9. The van der Waals surface area contributed by atoms with Gasteiger partial charge in [0.05, 0.1) is 19.8 Å². The van der Waals surface area contributed by atoms with Crippen LogP contribution in [0.4, 0.5) is 0 Å². The maximum atomic E-state index is 12.9. The number of rotatable bonds is 56. The highest BCUT2D eigenvalue weighted by Gasteiger charge is 2.28. The van der Waals surface area contributed by atoms with Crippen LogP contribution in [0.25, 0.3) is 0 Å². The van der Waals surface area contributed by atoms with Crippen molar-refractivity contribution in [2.75, 3.05) is 26.4 Å². The molecule has 0 rings (SSSR count). The van der Waals surface area contributed by atoms with E-state index in [0.29, 0.717) is 19.3 Å². The molecule has 0 aromatic carbocycles. The van der Waals surface area contributed by atoms with Crippen molar-refractivity contribution in [3.05, 3.63) is 36.5 Å². The van der Waals surface area contributed by atoms with E-state index in [1.54, 1.807) is 0 Å². The summed E-state index contributed by atoms with van der Waals surface area (Å²) in [6.45, 7) is 4.63. The Morgan fingerprint density at radius 3 is 1.07 bits per heavy atom. The number of allylic oxidation sites excluding steroid dienone is 6. The van der Waals surface area contributed by atoms with Crippen LogP contribution in [0.2, 0.25) is 0 Å². The van der Waals surface area contributed by atoms with E-state index in [1.165, 1.54) is 141 Å². The van der Waals surface area contributed by atoms with Gasteiger partial charge >= 0.3 is 25.7 Å². The lowest BCUT2D eigenvalue weighted by Crippen LogP contribution is -2.30. The van der Waals surface area contributed by atoms with Crippen LogP contribution in [0.15, 0.2) is 36.5 Å². The highest BCUT2D eigenvalue weighted by Crippen LogP contribution is 2.43. The first-order valence-electron chi connectivity index (χ1n) is 29.9. The molecule has 0 spiro atoms. The summed E-state index contributed by atoms with van der Waals surface area (Å²) >= 11 is 0. The number of hydrogen-bond acceptors (Lipinski definition) is 10. The van der Waals surface area contributed by atoms with Gasteiger partial charge in [-0.1, -0.05) is 231 Å². The van der Waals surface area contributed by atoms with Crippen molar-refractivity contribution in [2.45, 2.75) is 303 Å². The third kappa shape index (κ3) is 52.6. The Balaban J connectivity index is 4.69. The lowest BCUT2D eigenvalue weighted by atomic mass is 10.1. The molecule has 72 heavy (non-hydrogen) atoms. The van der Waals surface area contributed by atoms with E-state index in [0.717, 1.165) is 89.9 Å². The molecule has 0 aliphatic rings. The molecule has 0 radical (unpaired) electrons. The SMILES string of the molecule is CCCCC/C=C\C/C=C\CCCCCCCCCCCC(=O)OCC(COP(=O)(O)OCC(CO)OC(=O)CCCCCCCCCCCCC)OC(=O)CCCCCCC/C=C\CCCCCCCC. The molecule has 0 aliphatic carbocycles. The molecular weight excluding hydrogens is 928 g/mol. The largest absolute Gasteiger partial charge is 0.472 e. The molecule has 0 fully saturated rings. The molecular formula is C60H111O11P. The van der Waals surface area contributed by atoms with Crippen molar-refractivity contribution < 1.29 is 52.2 Å². The number of carbonyl (C=O) groups is 3. The maximum Gasteiger partial charge on any atom is 0.472 e. The minimum absolute atomic E-state index is 0.160. The highest BCUT2D eigenvalue weighted by atomic mass is 31.2. The summed E-state index contributed by atoms with van der Waals surface area (Å²) in [5.74, 6) is -1.46. The Morgan fingerprint density at radius 2 is 0.681 bits per heavy atom. The summed E-state index contributed by atoms with van der Waals surface area (Å²) in [7, 11) is -4.74. The van der Waals surface area contributed by atoms with Crippen molar-refractivity contribution in [3.63, 3.8) is 0 Å². The summed E-state index contributed by atoms with van der Waals surface area (Å²) in [6, 6.07) is 0. The van der Waals surface area contributed by atoms with Crippen LogP contribution in [-0.2, 0) is 42.2 Å². The van der Waals surface area contributed by atoms with E-state index >= 15 is 0 Å². The molecule has 3 atom stereocenters. The van der Waals surface area contributed by atoms with Gasteiger partial charge in [-0.05, 0) is 77.0 Å². The van der Waals surface area contributed by atoms with E-state index in [9.17, 15) is 28.9 Å². The quantitative estimate of drug-likeness (QED) is 0.0197. The second-order valence-corrected chi connectivity index (χ2v) is 21.6. The van der Waals surface area contributed by atoms with Gasteiger partial charge in [-0.3, -0.25) is 23.4 Å². The zero-order chi connectivity index (χ0) is 52.7. The van der Waals surface area contributed by atoms with Crippen molar-refractivity contribution in [1.82, 2.24) is 0 Å². The molecule has 422 valence electrons. The summed E-state index contributed by atoms with van der Waals surface area (Å²) in [5.41, 5.74) is 0. The van der Waals surface area contributed by atoms with Crippen LogP contribution in [-0.4, -0.2) is 66.5 Å². The van der Waals surface area contributed by atoms with Crippen LogP contribution in [0, 0.1) is 0 Å². The number of phosphoric acid groups is 1. The number of unbranched alkanes of at least 4 members (excludes halogenated alkanes) is 33. The normalized spacial score (nSPS) is 13.6. The van der Waals surface area contributed by atoms with Crippen molar-refractivity contribution in [3.8, 4) is 0 Å². The van der Waals surface area contributed by atoms with Gasteiger partial charge in [-0.15, -0.1) is 0 Å². The number of ether oxygens (including phenoxy) is 3. The Hall–Kier alpha value is -2.30. The van der Waals surface area contributed by atoms with Gasteiger partial charge in [-0.2, -0.15) is 0 Å². The van der Waals surface area contributed by atoms with Crippen LogP contribution in [0.1, 0.15) is 290 Å². The van der Waals surface area contributed by atoms with Crippen LogP contribution >= 0.6 is 7.82 Å². The number of aliphatic hydroxyl groups is 1. The molecule has 11 nitrogen and oxygen atoms in total. The molecule has 3 unspecified atom stereocenters. The molecule has 0 aliphatic heterocycles. The summed E-state index contributed by atoms with van der Waals surface area (Å²) in [5, 5.41) is 9.80. The Morgan fingerprint density at radius 1 is 0.389 bits per heavy atom. The molecule has 0 heterocycles. The average Bonchev–Trinajstić information content (AvgIpc) is 3.37. The van der Waals surface area contributed by atoms with Gasteiger partial charge in [0.15, 0.2) is 6.10 Å². The van der Waals surface area contributed by atoms with Crippen molar-refractivity contribution in [2.24, 2.45) is 0 Å². The lowest BCUT2D eigenvalue weighted by Gasteiger charge is -2.21. The molecule has 0 saturated heterocycles. The lowest BCUT2D eigenvalue weighted by molar-refractivity contribution is -0.161. The topological polar surface area (TPSA) is 155 Å². The van der Waals surface area contributed by atoms with Gasteiger partial charge in [0, 0.05) is 19.3 Å². The predicted octanol–water partition coefficient (Wildman–Crippen LogP) is 17.6. The van der Waals surface area contributed by atoms with Gasteiger partial charge in [0.25, 0.3) is 0 Å². The number of aliphatic hydroxyl groups excluding tert-OH is 1. The number of esters is 3. The minimum Gasteiger partial charge on any atom is -0.462 e. The fraction of sp³-hybridized carbons (Fsp3) is 0.850. The van der Waals surface area contributed by atoms with E-state index in [1.807, 2.05) is 0 Å². The number of carbonyl (C=O) groups excluding carboxylic acids is 3. The Bertz CT molecular complexity index is 1350. The molecule has 2 N–H and O–H groups in total. The van der Waals surface area contributed by atoms with Gasteiger partial charge in [0.2, 0.25) is 0 Å². The molecule has 0 aromatic heterocycles. The standard InChI is InChI=1S/C60H111O11P/c1-4-7-10-13-16-19-22-24-26-27-28-29-31-32-35-37-40-43-46-49-58(62)67-53-57(71-60(64)51-48-45-42-39-36-33-30-25-23-20-17-14-11-8-5-2)55-69-72(65,66)68-54-56(52-61)70-59(63)50-47-44-41-38-34-21-18-15-12-9-6-3/h16,19,24-26,30,56-57,61H,4-15,17-18,20-23,27-29,31-55H2,1-3H3,(H,65,66)/b19-16-,26-24-,30-25-. The molecule has 12 heteroatoms. The van der Waals surface area contributed by atoms with E-state index in [4.69, 9.17) is 23.3 Å². The Kier molecular flexibility index (Phi) is 53.2. The number of hydrogen-bond donors (Lipinski definition) is 2. The third-order valence-corrected chi connectivity index (χ3v) is 14.0. The molecule has 0 bridgehead atoms. The van der Waals surface area contributed by atoms with E-state index in [-0.39, 0.29) is 25.9 Å². The monoisotopic (exact) mass is 1040 g/mol. The predicted molar refractivity (Wildman–Crippen MR) is 298 cm³/mol. The fourth-order valence-electron chi connectivity index (χ4n) is 8.44. The number of phosphoric ester groups is 1.